The van der Waals surface area contributed by atoms with Crippen molar-refractivity contribution in [2.45, 2.75) is 32.7 Å². The molecule has 4 nitrogen and oxygen atoms in total. The normalized spacial score (nSPS) is 12.8. The molecular weight excluding hydrogens is 166 g/mol. The van der Waals surface area contributed by atoms with E-state index in [0.29, 0.717) is 11.5 Å². The molecule has 0 radical (unpaired) electrons. The first-order valence-corrected chi connectivity index (χ1v) is 4.47. The topological polar surface area (TPSA) is 71.8 Å². The van der Waals surface area contributed by atoms with E-state index in [1.807, 2.05) is 6.92 Å². The van der Waals surface area contributed by atoms with Gasteiger partial charge in [-0.2, -0.15) is 0 Å². The third kappa shape index (κ3) is 2.15. The third-order valence-corrected chi connectivity index (χ3v) is 2.19. The molecule has 1 atom stereocenters. The molecule has 0 amide bonds. The van der Waals surface area contributed by atoms with Gasteiger partial charge in [-0.25, -0.2) is 4.98 Å². The Morgan fingerprint density at radius 3 is 2.85 bits per heavy atom. The van der Waals surface area contributed by atoms with E-state index in [9.17, 15) is 4.79 Å². The van der Waals surface area contributed by atoms with Crippen molar-refractivity contribution in [3.05, 3.63) is 27.9 Å². The van der Waals surface area contributed by atoms with E-state index in [4.69, 9.17) is 5.73 Å². The summed E-state index contributed by atoms with van der Waals surface area (Å²) in [5, 5.41) is 0. The molecule has 1 aromatic heterocycles. The Kier molecular flexibility index (Phi) is 3.19. The van der Waals surface area contributed by atoms with Crippen LogP contribution in [0.4, 0.5) is 0 Å². The lowest BCUT2D eigenvalue weighted by Gasteiger charge is -2.07. The Bertz CT molecular complexity index is 332. The highest BCUT2D eigenvalue weighted by atomic mass is 16.1. The largest absolute Gasteiger partial charge is 0.326 e. The number of aromatic nitrogens is 2. The molecule has 0 aliphatic rings. The van der Waals surface area contributed by atoms with Gasteiger partial charge in [-0.1, -0.05) is 13.8 Å². The van der Waals surface area contributed by atoms with Gasteiger partial charge in [0.2, 0.25) is 0 Å². The number of rotatable bonds is 3. The molecule has 0 spiro atoms. The highest BCUT2D eigenvalue weighted by molar-refractivity contribution is 5.06. The lowest BCUT2D eigenvalue weighted by molar-refractivity contribution is 0.670. The highest BCUT2D eigenvalue weighted by Crippen LogP contribution is 2.11. The molecule has 1 unspecified atom stereocenters. The first-order chi connectivity index (χ1) is 6.19. The van der Waals surface area contributed by atoms with Gasteiger partial charge >= 0.3 is 0 Å². The molecule has 1 heterocycles. The van der Waals surface area contributed by atoms with Crippen molar-refractivity contribution >= 4 is 0 Å². The number of hydrogen-bond donors (Lipinski definition) is 2. The second-order valence-electron chi connectivity index (χ2n) is 3.14. The van der Waals surface area contributed by atoms with Crippen LogP contribution in [0, 0.1) is 0 Å². The number of nitrogens with zero attached hydrogens (tertiary/aromatic N) is 1. The van der Waals surface area contributed by atoms with Crippen molar-refractivity contribution in [1.82, 2.24) is 9.97 Å². The maximum atomic E-state index is 11.3. The summed E-state index contributed by atoms with van der Waals surface area (Å²) in [6.07, 6.45) is 2.52. The smallest absolute Gasteiger partial charge is 0.255 e. The second kappa shape index (κ2) is 4.18. The van der Waals surface area contributed by atoms with E-state index in [1.54, 1.807) is 6.20 Å². The monoisotopic (exact) mass is 181 g/mol. The standard InChI is InChI=1S/C9H15N3O/c1-3-6(2)8-11-5-7(4-10)9(13)12-8/h5-6H,3-4,10H2,1-2H3,(H,11,12,13). The number of nitrogens with one attached hydrogen (secondary N) is 1. The fraction of sp³-hybridized carbons (Fsp3) is 0.556. The Hall–Kier alpha value is -1.16. The fourth-order valence-electron chi connectivity index (χ4n) is 1.02. The zero-order valence-corrected chi connectivity index (χ0v) is 8.00. The lowest BCUT2D eigenvalue weighted by Crippen LogP contribution is -2.19. The van der Waals surface area contributed by atoms with Crippen LogP contribution >= 0.6 is 0 Å². The first-order valence-electron chi connectivity index (χ1n) is 4.47. The van der Waals surface area contributed by atoms with Crippen molar-refractivity contribution in [3.63, 3.8) is 0 Å². The Morgan fingerprint density at radius 2 is 2.38 bits per heavy atom. The fourth-order valence-corrected chi connectivity index (χ4v) is 1.02. The van der Waals surface area contributed by atoms with Gasteiger partial charge in [0.1, 0.15) is 5.82 Å². The van der Waals surface area contributed by atoms with E-state index in [0.717, 1.165) is 12.2 Å². The van der Waals surface area contributed by atoms with Gasteiger partial charge in [0, 0.05) is 24.2 Å². The SMILES string of the molecule is CCC(C)c1ncc(CN)c(=O)[nH]1. The van der Waals surface area contributed by atoms with Crippen LogP contribution in [-0.4, -0.2) is 9.97 Å². The van der Waals surface area contributed by atoms with Crippen molar-refractivity contribution in [2.75, 3.05) is 0 Å². The third-order valence-electron chi connectivity index (χ3n) is 2.19. The summed E-state index contributed by atoms with van der Waals surface area (Å²) in [5.41, 5.74) is 5.77. The van der Waals surface area contributed by atoms with Crippen LogP contribution in [0.5, 0.6) is 0 Å². The van der Waals surface area contributed by atoms with E-state index < -0.39 is 0 Å². The van der Waals surface area contributed by atoms with Crippen molar-refractivity contribution < 1.29 is 0 Å². The average Bonchev–Trinajstić information content (AvgIpc) is 2.16. The summed E-state index contributed by atoms with van der Waals surface area (Å²) in [6.45, 7) is 4.32. The number of H-pyrrole nitrogens is 1. The zero-order chi connectivity index (χ0) is 9.84. The van der Waals surface area contributed by atoms with Crippen LogP contribution in [0.3, 0.4) is 0 Å². The van der Waals surface area contributed by atoms with Crippen LogP contribution in [0.1, 0.15) is 37.6 Å². The maximum absolute atomic E-state index is 11.3. The molecule has 13 heavy (non-hydrogen) atoms. The average molecular weight is 181 g/mol. The molecule has 0 bridgehead atoms. The summed E-state index contributed by atoms with van der Waals surface area (Å²) in [4.78, 5) is 18.2. The Labute approximate surface area is 77.2 Å². The number of hydrogen-bond acceptors (Lipinski definition) is 3. The highest BCUT2D eigenvalue weighted by Gasteiger charge is 2.06. The summed E-state index contributed by atoms with van der Waals surface area (Å²) in [7, 11) is 0. The molecule has 0 aliphatic carbocycles. The van der Waals surface area contributed by atoms with Crippen molar-refractivity contribution in [1.29, 1.82) is 0 Å². The van der Waals surface area contributed by atoms with Crippen molar-refractivity contribution in [2.24, 2.45) is 5.73 Å². The maximum Gasteiger partial charge on any atom is 0.255 e. The van der Waals surface area contributed by atoms with Gasteiger partial charge in [-0.3, -0.25) is 4.79 Å². The van der Waals surface area contributed by atoms with Crippen LogP contribution < -0.4 is 11.3 Å². The van der Waals surface area contributed by atoms with Gasteiger partial charge in [0.25, 0.3) is 5.56 Å². The lowest BCUT2D eigenvalue weighted by atomic mass is 10.1. The van der Waals surface area contributed by atoms with Crippen LogP contribution in [-0.2, 0) is 6.54 Å². The zero-order valence-electron chi connectivity index (χ0n) is 8.00. The predicted octanol–water partition coefficient (Wildman–Crippen LogP) is 0.742. The summed E-state index contributed by atoms with van der Waals surface area (Å²) in [5.74, 6) is 1.03. The molecule has 3 N–H and O–H groups in total. The quantitative estimate of drug-likeness (QED) is 0.722. The predicted molar refractivity (Wildman–Crippen MR) is 51.5 cm³/mol. The molecule has 4 heteroatoms. The van der Waals surface area contributed by atoms with E-state index >= 15 is 0 Å². The Balaban J connectivity index is 3.03. The van der Waals surface area contributed by atoms with Crippen molar-refractivity contribution in [3.8, 4) is 0 Å². The molecule has 0 saturated heterocycles. The van der Waals surface area contributed by atoms with Gasteiger partial charge in [0.15, 0.2) is 0 Å². The van der Waals surface area contributed by atoms with Crippen LogP contribution in [0.2, 0.25) is 0 Å². The minimum Gasteiger partial charge on any atom is -0.326 e. The van der Waals surface area contributed by atoms with E-state index in [-0.39, 0.29) is 12.1 Å². The van der Waals surface area contributed by atoms with E-state index in [1.165, 1.54) is 0 Å². The molecule has 0 aromatic carbocycles. The second-order valence-corrected chi connectivity index (χ2v) is 3.14. The van der Waals surface area contributed by atoms with Gasteiger partial charge in [-0.15, -0.1) is 0 Å². The molecular formula is C9H15N3O. The number of aromatic amines is 1. The minimum atomic E-state index is -0.118. The van der Waals surface area contributed by atoms with Gasteiger partial charge < -0.3 is 10.7 Å². The number of nitrogens with two attached hydrogens (primary N) is 1. The molecule has 1 rings (SSSR count). The molecule has 0 saturated carbocycles. The minimum absolute atomic E-state index is 0.118. The van der Waals surface area contributed by atoms with Gasteiger partial charge in [-0.05, 0) is 6.42 Å². The summed E-state index contributed by atoms with van der Waals surface area (Å²) in [6, 6.07) is 0. The first kappa shape index (κ1) is 9.92. The van der Waals surface area contributed by atoms with E-state index in [2.05, 4.69) is 16.9 Å². The Morgan fingerprint density at radius 1 is 1.69 bits per heavy atom. The van der Waals surface area contributed by atoms with Crippen LogP contribution in [0.25, 0.3) is 0 Å². The molecule has 0 fully saturated rings. The molecule has 1 aromatic rings. The van der Waals surface area contributed by atoms with Crippen LogP contribution in [0.15, 0.2) is 11.0 Å². The molecule has 72 valence electrons. The summed E-state index contributed by atoms with van der Waals surface area (Å²) >= 11 is 0. The van der Waals surface area contributed by atoms with Gasteiger partial charge in [0.05, 0.1) is 0 Å². The molecule has 0 aliphatic heterocycles. The summed E-state index contributed by atoms with van der Waals surface area (Å²) < 4.78 is 0.